The van der Waals surface area contributed by atoms with E-state index < -0.39 is 5.60 Å². The van der Waals surface area contributed by atoms with Crippen LogP contribution in [-0.2, 0) is 12.8 Å². The minimum atomic E-state index is -0.494. The van der Waals surface area contributed by atoms with E-state index in [1.54, 1.807) is 6.33 Å². The summed E-state index contributed by atoms with van der Waals surface area (Å²) < 4.78 is 0. The number of aryl methyl sites for hydroxylation is 1. The number of aromatic nitrogens is 2. The SMILES string of the molecule is OC1(CNc2ncnc3c2CCCC3)CCC1. The highest BCUT2D eigenvalue weighted by Gasteiger charge is 2.34. The molecule has 1 aromatic heterocycles. The summed E-state index contributed by atoms with van der Waals surface area (Å²) in [5.74, 6) is 0.940. The Morgan fingerprint density at radius 3 is 2.76 bits per heavy atom. The standard InChI is InChI=1S/C13H19N3O/c17-13(6-3-7-13)8-14-12-10-4-1-2-5-11(10)15-9-16-12/h9,17H,1-8H2,(H,14,15,16). The molecular weight excluding hydrogens is 214 g/mol. The molecule has 0 atom stereocenters. The molecule has 0 aliphatic heterocycles. The van der Waals surface area contributed by atoms with Crippen molar-refractivity contribution in [3.05, 3.63) is 17.6 Å². The van der Waals surface area contributed by atoms with Crippen molar-refractivity contribution in [1.82, 2.24) is 9.97 Å². The summed E-state index contributed by atoms with van der Waals surface area (Å²) in [5.41, 5.74) is 1.96. The maximum Gasteiger partial charge on any atom is 0.132 e. The molecule has 0 saturated heterocycles. The van der Waals surface area contributed by atoms with Gasteiger partial charge in [-0.3, -0.25) is 0 Å². The number of hydrogen-bond acceptors (Lipinski definition) is 4. The van der Waals surface area contributed by atoms with Crippen molar-refractivity contribution in [3.63, 3.8) is 0 Å². The number of anilines is 1. The highest BCUT2D eigenvalue weighted by Crippen LogP contribution is 2.32. The van der Waals surface area contributed by atoms with Crippen LogP contribution in [0.25, 0.3) is 0 Å². The average molecular weight is 233 g/mol. The molecule has 2 aliphatic rings. The predicted molar refractivity (Wildman–Crippen MR) is 66.0 cm³/mol. The maximum atomic E-state index is 10.1. The second-order valence-corrected chi connectivity index (χ2v) is 5.29. The summed E-state index contributed by atoms with van der Waals surface area (Å²) in [6.45, 7) is 0.621. The van der Waals surface area contributed by atoms with Gasteiger partial charge < -0.3 is 10.4 Å². The summed E-state index contributed by atoms with van der Waals surface area (Å²) in [4.78, 5) is 8.67. The number of aliphatic hydroxyl groups is 1. The van der Waals surface area contributed by atoms with Gasteiger partial charge in [-0.15, -0.1) is 0 Å². The molecule has 1 fully saturated rings. The van der Waals surface area contributed by atoms with E-state index in [0.717, 1.165) is 37.9 Å². The van der Waals surface area contributed by atoms with Crippen molar-refractivity contribution in [2.24, 2.45) is 0 Å². The summed E-state index contributed by atoms with van der Waals surface area (Å²) in [7, 11) is 0. The molecule has 1 saturated carbocycles. The fourth-order valence-corrected chi connectivity index (χ4v) is 2.68. The van der Waals surface area contributed by atoms with Gasteiger partial charge in [-0.05, 0) is 44.9 Å². The van der Waals surface area contributed by atoms with Gasteiger partial charge in [-0.1, -0.05) is 0 Å². The minimum absolute atomic E-state index is 0.494. The monoisotopic (exact) mass is 233 g/mol. The van der Waals surface area contributed by atoms with Gasteiger partial charge in [0.05, 0.1) is 5.60 Å². The lowest BCUT2D eigenvalue weighted by Gasteiger charge is -2.37. The van der Waals surface area contributed by atoms with E-state index in [9.17, 15) is 5.11 Å². The minimum Gasteiger partial charge on any atom is -0.388 e. The van der Waals surface area contributed by atoms with Crippen molar-refractivity contribution in [2.45, 2.75) is 50.5 Å². The molecular formula is C13H19N3O. The lowest BCUT2D eigenvalue weighted by Crippen LogP contribution is -2.43. The third-order valence-corrected chi connectivity index (χ3v) is 3.99. The lowest BCUT2D eigenvalue weighted by molar-refractivity contribution is -0.0202. The van der Waals surface area contributed by atoms with Crippen LogP contribution in [-0.4, -0.2) is 27.2 Å². The van der Waals surface area contributed by atoms with Crippen molar-refractivity contribution in [2.75, 3.05) is 11.9 Å². The normalized spacial score (nSPS) is 21.5. The molecule has 2 aliphatic carbocycles. The molecule has 3 rings (SSSR count). The smallest absolute Gasteiger partial charge is 0.132 e. The van der Waals surface area contributed by atoms with E-state index in [1.165, 1.54) is 24.1 Å². The first-order valence-corrected chi connectivity index (χ1v) is 6.56. The number of nitrogens with zero attached hydrogens (tertiary/aromatic N) is 2. The van der Waals surface area contributed by atoms with Crippen molar-refractivity contribution < 1.29 is 5.11 Å². The first kappa shape index (κ1) is 11.0. The zero-order chi connectivity index (χ0) is 11.7. The summed E-state index contributed by atoms with van der Waals surface area (Å²) >= 11 is 0. The molecule has 0 spiro atoms. The van der Waals surface area contributed by atoms with Crippen molar-refractivity contribution in [3.8, 4) is 0 Å². The quantitative estimate of drug-likeness (QED) is 0.834. The third-order valence-electron chi connectivity index (χ3n) is 3.99. The molecule has 0 unspecified atom stereocenters. The average Bonchev–Trinajstić information content (AvgIpc) is 2.34. The molecule has 0 amide bonds. The number of nitrogens with one attached hydrogen (secondary N) is 1. The Hall–Kier alpha value is -1.16. The van der Waals surface area contributed by atoms with E-state index >= 15 is 0 Å². The Kier molecular flexibility index (Phi) is 2.74. The fraction of sp³-hybridized carbons (Fsp3) is 0.692. The number of hydrogen-bond donors (Lipinski definition) is 2. The van der Waals surface area contributed by atoms with E-state index in [4.69, 9.17) is 0 Å². The zero-order valence-electron chi connectivity index (χ0n) is 10.1. The van der Waals surface area contributed by atoms with Crippen LogP contribution in [0.15, 0.2) is 6.33 Å². The fourth-order valence-electron chi connectivity index (χ4n) is 2.68. The number of rotatable bonds is 3. The van der Waals surface area contributed by atoms with Gasteiger partial charge in [0.15, 0.2) is 0 Å². The van der Waals surface area contributed by atoms with Crippen molar-refractivity contribution >= 4 is 5.82 Å². The van der Waals surface area contributed by atoms with Gasteiger partial charge in [-0.25, -0.2) is 9.97 Å². The lowest BCUT2D eigenvalue weighted by atomic mass is 9.80. The van der Waals surface area contributed by atoms with Crippen molar-refractivity contribution in [1.29, 1.82) is 0 Å². The van der Waals surface area contributed by atoms with Crippen LogP contribution in [0.4, 0.5) is 5.82 Å². The van der Waals surface area contributed by atoms with E-state index in [1.807, 2.05) is 0 Å². The predicted octanol–water partition coefficient (Wildman–Crippen LogP) is 1.68. The molecule has 17 heavy (non-hydrogen) atoms. The first-order chi connectivity index (χ1) is 8.27. The Bertz CT molecular complexity index is 415. The van der Waals surface area contributed by atoms with Crippen LogP contribution in [0.3, 0.4) is 0 Å². The highest BCUT2D eigenvalue weighted by molar-refractivity contribution is 5.47. The largest absolute Gasteiger partial charge is 0.388 e. The molecule has 0 aromatic carbocycles. The summed E-state index contributed by atoms with van der Waals surface area (Å²) in [6, 6.07) is 0. The molecule has 2 N–H and O–H groups in total. The van der Waals surface area contributed by atoms with Crippen LogP contribution >= 0.6 is 0 Å². The second kappa shape index (κ2) is 4.26. The zero-order valence-corrected chi connectivity index (χ0v) is 10.1. The second-order valence-electron chi connectivity index (χ2n) is 5.29. The van der Waals surface area contributed by atoms with Gasteiger partial charge in [0.2, 0.25) is 0 Å². The van der Waals surface area contributed by atoms with E-state index in [-0.39, 0.29) is 0 Å². The molecule has 0 bridgehead atoms. The summed E-state index contributed by atoms with van der Waals surface area (Å²) in [6.07, 6.45) is 9.18. The van der Waals surface area contributed by atoms with Crippen LogP contribution in [0.1, 0.15) is 43.4 Å². The molecule has 4 heteroatoms. The molecule has 1 heterocycles. The van der Waals surface area contributed by atoms with Gasteiger partial charge in [0, 0.05) is 17.8 Å². The number of fused-ring (bicyclic) bond motifs is 1. The highest BCUT2D eigenvalue weighted by atomic mass is 16.3. The van der Waals surface area contributed by atoms with Crippen LogP contribution in [0.5, 0.6) is 0 Å². The van der Waals surface area contributed by atoms with Gasteiger partial charge in [0.25, 0.3) is 0 Å². The van der Waals surface area contributed by atoms with E-state index in [0.29, 0.717) is 6.54 Å². The van der Waals surface area contributed by atoms with Gasteiger partial charge >= 0.3 is 0 Å². The Labute approximate surface area is 101 Å². The van der Waals surface area contributed by atoms with Gasteiger partial charge in [0.1, 0.15) is 12.1 Å². The molecule has 92 valence electrons. The molecule has 1 aromatic rings. The van der Waals surface area contributed by atoms with E-state index in [2.05, 4.69) is 15.3 Å². The third kappa shape index (κ3) is 2.14. The Morgan fingerprint density at radius 2 is 2.00 bits per heavy atom. The van der Waals surface area contributed by atoms with Crippen LogP contribution in [0, 0.1) is 0 Å². The topological polar surface area (TPSA) is 58.0 Å². The summed E-state index contributed by atoms with van der Waals surface area (Å²) in [5, 5.41) is 13.4. The first-order valence-electron chi connectivity index (χ1n) is 6.56. The van der Waals surface area contributed by atoms with Crippen LogP contribution in [0.2, 0.25) is 0 Å². The molecule has 4 nitrogen and oxygen atoms in total. The Morgan fingerprint density at radius 1 is 1.18 bits per heavy atom. The molecule has 0 radical (unpaired) electrons. The maximum absolute atomic E-state index is 10.1. The van der Waals surface area contributed by atoms with Crippen LogP contribution < -0.4 is 5.32 Å². The van der Waals surface area contributed by atoms with Gasteiger partial charge in [-0.2, -0.15) is 0 Å². The Balaban J connectivity index is 1.74.